The first-order chi connectivity index (χ1) is 8.73. The van der Waals surface area contributed by atoms with Crippen molar-refractivity contribution in [3.63, 3.8) is 0 Å². The predicted octanol–water partition coefficient (Wildman–Crippen LogP) is 3.88. The molecule has 1 unspecified atom stereocenters. The number of esters is 1. The number of hydrogen-bond acceptors (Lipinski definition) is 3. The van der Waals surface area contributed by atoms with Gasteiger partial charge in [0.2, 0.25) is 0 Å². The number of carbonyl (C=O) groups excluding carboxylic acids is 1. The molecule has 0 aromatic heterocycles. The largest absolute Gasteiger partial charge is 0.497 e. The first-order valence-electron chi connectivity index (χ1n) is 6.30. The molecule has 0 spiro atoms. The van der Waals surface area contributed by atoms with Gasteiger partial charge in [0.15, 0.2) is 0 Å². The Hall–Kier alpha value is -1.22. The third kappa shape index (κ3) is 3.87. The van der Waals surface area contributed by atoms with Crippen molar-refractivity contribution < 1.29 is 14.3 Å². The number of benzene rings is 1. The van der Waals surface area contributed by atoms with Gasteiger partial charge in [0, 0.05) is 0 Å². The van der Waals surface area contributed by atoms with Crippen LogP contribution in [0.15, 0.2) is 24.3 Å². The quantitative estimate of drug-likeness (QED) is 0.608. The van der Waals surface area contributed by atoms with Crippen LogP contribution in [0, 0.1) is 0 Å². The van der Waals surface area contributed by atoms with Crippen LogP contribution in [0.1, 0.15) is 39.7 Å². The molecule has 19 heavy (non-hydrogen) atoms. The van der Waals surface area contributed by atoms with Crippen molar-refractivity contribution in [1.29, 1.82) is 0 Å². The molecule has 0 saturated carbocycles. The van der Waals surface area contributed by atoms with Crippen molar-refractivity contribution in [2.75, 3.05) is 7.11 Å². The second-order valence-corrected chi connectivity index (χ2v) is 6.01. The van der Waals surface area contributed by atoms with E-state index in [0.717, 1.165) is 11.3 Å². The lowest BCUT2D eigenvalue weighted by Gasteiger charge is -2.29. The average Bonchev–Trinajstić information content (AvgIpc) is 2.38. The number of halogens is 1. The highest BCUT2D eigenvalue weighted by molar-refractivity contribution is 6.33. The smallest absolute Gasteiger partial charge is 0.327 e. The number of ether oxygens (including phenoxy) is 2. The molecular weight excluding hydrogens is 264 g/mol. The zero-order valence-corrected chi connectivity index (χ0v) is 12.9. The Balaban J connectivity index is 2.88. The van der Waals surface area contributed by atoms with Crippen molar-refractivity contribution in [3.05, 3.63) is 29.8 Å². The summed E-state index contributed by atoms with van der Waals surface area (Å²) in [4.78, 5) is 11.0. The Morgan fingerprint density at radius 3 is 2.16 bits per heavy atom. The van der Waals surface area contributed by atoms with E-state index in [9.17, 15) is 4.79 Å². The SMILES string of the molecule is CCC(C)(Cl)C(=O)OC(C)(C)c1ccc(OC)cc1. The van der Waals surface area contributed by atoms with Crippen LogP contribution < -0.4 is 4.74 Å². The Morgan fingerprint density at radius 2 is 1.74 bits per heavy atom. The van der Waals surface area contributed by atoms with Crippen LogP contribution in [0.25, 0.3) is 0 Å². The van der Waals surface area contributed by atoms with Crippen LogP contribution in [0.5, 0.6) is 5.75 Å². The van der Waals surface area contributed by atoms with Gasteiger partial charge in [-0.15, -0.1) is 11.6 Å². The Labute approximate surface area is 119 Å². The van der Waals surface area contributed by atoms with E-state index in [1.165, 1.54) is 0 Å². The van der Waals surface area contributed by atoms with Gasteiger partial charge < -0.3 is 9.47 Å². The minimum absolute atomic E-state index is 0.405. The molecule has 106 valence electrons. The van der Waals surface area contributed by atoms with Crippen molar-refractivity contribution in [2.24, 2.45) is 0 Å². The predicted molar refractivity (Wildman–Crippen MR) is 76.7 cm³/mol. The first-order valence-corrected chi connectivity index (χ1v) is 6.67. The van der Waals surface area contributed by atoms with Crippen LogP contribution in [0.4, 0.5) is 0 Å². The van der Waals surface area contributed by atoms with Crippen LogP contribution >= 0.6 is 11.6 Å². The van der Waals surface area contributed by atoms with E-state index >= 15 is 0 Å². The summed E-state index contributed by atoms with van der Waals surface area (Å²) in [6.07, 6.45) is 0.520. The Morgan fingerprint density at radius 1 is 1.21 bits per heavy atom. The Bertz CT molecular complexity index is 435. The summed E-state index contributed by atoms with van der Waals surface area (Å²) >= 11 is 6.12. The molecule has 0 heterocycles. The van der Waals surface area contributed by atoms with Crippen LogP contribution in [-0.4, -0.2) is 18.0 Å². The standard InChI is InChI=1S/C15H21ClO3/c1-6-15(4,16)13(17)19-14(2,3)11-7-9-12(18-5)10-8-11/h7-10H,6H2,1-5H3. The van der Waals surface area contributed by atoms with Crippen molar-refractivity contribution in [1.82, 2.24) is 0 Å². The average molecular weight is 285 g/mol. The summed E-state index contributed by atoms with van der Waals surface area (Å²) in [5.41, 5.74) is 0.166. The molecule has 1 aromatic carbocycles. The number of alkyl halides is 1. The van der Waals surface area contributed by atoms with E-state index in [1.54, 1.807) is 14.0 Å². The minimum atomic E-state index is -0.982. The molecule has 0 amide bonds. The van der Waals surface area contributed by atoms with Gasteiger partial charge in [0.05, 0.1) is 7.11 Å². The summed E-state index contributed by atoms with van der Waals surface area (Å²) in [6, 6.07) is 7.43. The summed E-state index contributed by atoms with van der Waals surface area (Å²) in [5.74, 6) is 0.360. The van der Waals surface area contributed by atoms with E-state index in [1.807, 2.05) is 45.0 Å². The molecule has 0 N–H and O–H groups in total. The Kier molecular flexibility index (Phi) is 4.86. The van der Waals surface area contributed by atoms with Gasteiger partial charge in [0.25, 0.3) is 0 Å². The first kappa shape index (κ1) is 15.8. The van der Waals surface area contributed by atoms with Crippen LogP contribution in [-0.2, 0) is 15.1 Å². The van der Waals surface area contributed by atoms with Gasteiger partial charge >= 0.3 is 5.97 Å². The number of rotatable bonds is 5. The van der Waals surface area contributed by atoms with Gasteiger partial charge in [-0.25, -0.2) is 0 Å². The summed E-state index contributed by atoms with van der Waals surface area (Å²) in [6.45, 7) is 7.21. The van der Waals surface area contributed by atoms with Crippen molar-refractivity contribution in [2.45, 2.75) is 44.6 Å². The summed E-state index contributed by atoms with van der Waals surface area (Å²) in [5, 5.41) is 0. The third-order valence-corrected chi connectivity index (χ3v) is 3.64. The normalized spacial score (nSPS) is 14.6. The zero-order valence-electron chi connectivity index (χ0n) is 12.1. The molecule has 0 saturated heterocycles. The maximum absolute atomic E-state index is 12.0. The summed E-state index contributed by atoms with van der Waals surface area (Å²) in [7, 11) is 1.61. The van der Waals surface area contributed by atoms with E-state index in [0.29, 0.717) is 6.42 Å². The van der Waals surface area contributed by atoms with Gasteiger partial charge in [-0.2, -0.15) is 0 Å². The molecule has 1 aromatic rings. The van der Waals surface area contributed by atoms with E-state index in [4.69, 9.17) is 21.1 Å². The molecular formula is C15H21ClO3. The molecule has 1 atom stereocenters. The second-order valence-electron chi connectivity index (χ2n) is 5.18. The van der Waals surface area contributed by atoms with E-state index < -0.39 is 16.4 Å². The highest BCUT2D eigenvalue weighted by Gasteiger charge is 2.35. The number of hydrogen-bond donors (Lipinski definition) is 0. The zero-order chi connectivity index (χ0) is 14.7. The van der Waals surface area contributed by atoms with E-state index in [2.05, 4.69) is 0 Å². The van der Waals surface area contributed by atoms with Crippen molar-refractivity contribution >= 4 is 17.6 Å². The molecule has 0 aliphatic rings. The van der Waals surface area contributed by atoms with E-state index in [-0.39, 0.29) is 0 Å². The maximum Gasteiger partial charge on any atom is 0.327 e. The maximum atomic E-state index is 12.0. The van der Waals surface area contributed by atoms with Gasteiger partial charge in [-0.3, -0.25) is 4.79 Å². The van der Waals surface area contributed by atoms with Crippen LogP contribution in [0.3, 0.4) is 0 Å². The van der Waals surface area contributed by atoms with Gasteiger partial charge in [0.1, 0.15) is 16.2 Å². The summed E-state index contributed by atoms with van der Waals surface area (Å²) < 4.78 is 10.6. The van der Waals surface area contributed by atoms with Gasteiger partial charge in [-0.05, 0) is 44.9 Å². The molecule has 0 radical (unpaired) electrons. The fraction of sp³-hybridized carbons (Fsp3) is 0.533. The number of methoxy groups -OCH3 is 1. The fourth-order valence-corrected chi connectivity index (χ4v) is 1.57. The molecule has 1 rings (SSSR count). The molecule has 0 aliphatic carbocycles. The van der Waals surface area contributed by atoms with Gasteiger partial charge in [-0.1, -0.05) is 19.1 Å². The van der Waals surface area contributed by atoms with Crippen molar-refractivity contribution in [3.8, 4) is 5.75 Å². The van der Waals surface area contributed by atoms with Crippen LogP contribution in [0.2, 0.25) is 0 Å². The lowest BCUT2D eigenvalue weighted by molar-refractivity contribution is -0.160. The highest BCUT2D eigenvalue weighted by atomic mass is 35.5. The molecule has 3 nitrogen and oxygen atoms in total. The molecule has 0 bridgehead atoms. The molecule has 0 fully saturated rings. The minimum Gasteiger partial charge on any atom is -0.497 e. The third-order valence-electron chi connectivity index (χ3n) is 3.22. The fourth-order valence-electron chi connectivity index (χ4n) is 1.53. The highest BCUT2D eigenvalue weighted by Crippen LogP contribution is 2.30. The second kappa shape index (κ2) is 5.83. The molecule has 4 heteroatoms. The lowest BCUT2D eigenvalue weighted by Crippen LogP contribution is -2.36. The molecule has 0 aliphatic heterocycles. The lowest BCUT2D eigenvalue weighted by atomic mass is 9.97. The monoisotopic (exact) mass is 284 g/mol. The topological polar surface area (TPSA) is 35.5 Å². The number of carbonyl (C=O) groups is 1.